The van der Waals surface area contributed by atoms with E-state index in [2.05, 4.69) is 27.2 Å². The van der Waals surface area contributed by atoms with Gasteiger partial charge in [0.1, 0.15) is 0 Å². The van der Waals surface area contributed by atoms with Crippen molar-refractivity contribution in [2.45, 2.75) is 19.8 Å². The van der Waals surface area contributed by atoms with E-state index in [0.29, 0.717) is 18.3 Å². The Labute approximate surface area is 140 Å². The number of rotatable bonds is 3. The SMILES string of the molecule is Cc1nc(CC(=O)N2CCc3cc(N4CCOCC4)ccc32)no1. The molecule has 7 nitrogen and oxygen atoms in total. The van der Waals surface area contributed by atoms with E-state index in [-0.39, 0.29) is 12.3 Å². The van der Waals surface area contributed by atoms with E-state index in [0.717, 1.165) is 38.4 Å². The zero-order chi connectivity index (χ0) is 16.5. The molecule has 2 aromatic rings. The Morgan fingerprint density at radius 2 is 2.08 bits per heavy atom. The van der Waals surface area contributed by atoms with Gasteiger partial charge in [-0.15, -0.1) is 0 Å². The second kappa shape index (κ2) is 6.24. The quantitative estimate of drug-likeness (QED) is 0.847. The number of hydrogen-bond donors (Lipinski definition) is 0. The second-order valence-electron chi connectivity index (χ2n) is 6.11. The lowest BCUT2D eigenvalue weighted by Crippen LogP contribution is -2.36. The molecule has 24 heavy (non-hydrogen) atoms. The number of fused-ring (bicyclic) bond motifs is 1. The highest BCUT2D eigenvalue weighted by Gasteiger charge is 2.26. The molecule has 1 aromatic carbocycles. The van der Waals surface area contributed by atoms with Crippen molar-refractivity contribution in [3.63, 3.8) is 0 Å². The van der Waals surface area contributed by atoms with Gasteiger partial charge >= 0.3 is 0 Å². The first kappa shape index (κ1) is 15.1. The fourth-order valence-electron chi connectivity index (χ4n) is 3.31. The predicted molar refractivity (Wildman–Crippen MR) is 88.3 cm³/mol. The van der Waals surface area contributed by atoms with Crippen molar-refractivity contribution in [3.8, 4) is 0 Å². The van der Waals surface area contributed by atoms with Crippen LogP contribution in [0.2, 0.25) is 0 Å². The van der Waals surface area contributed by atoms with Gasteiger partial charge in [-0.2, -0.15) is 4.98 Å². The van der Waals surface area contributed by atoms with Gasteiger partial charge in [0.05, 0.1) is 19.6 Å². The zero-order valence-corrected chi connectivity index (χ0v) is 13.7. The molecule has 7 heteroatoms. The molecule has 2 aliphatic rings. The van der Waals surface area contributed by atoms with Crippen LogP contribution in [-0.4, -0.2) is 48.9 Å². The molecule has 0 aliphatic carbocycles. The minimum absolute atomic E-state index is 0.00803. The van der Waals surface area contributed by atoms with Gasteiger partial charge in [-0.1, -0.05) is 5.16 Å². The summed E-state index contributed by atoms with van der Waals surface area (Å²) < 4.78 is 10.3. The number of nitrogens with zero attached hydrogens (tertiary/aromatic N) is 4. The van der Waals surface area contributed by atoms with Crippen molar-refractivity contribution in [1.29, 1.82) is 0 Å². The molecule has 0 spiro atoms. The van der Waals surface area contributed by atoms with Gasteiger partial charge < -0.3 is 19.1 Å². The molecule has 1 fully saturated rings. The third-order valence-corrected chi connectivity index (χ3v) is 4.51. The number of ether oxygens (including phenoxy) is 1. The second-order valence-corrected chi connectivity index (χ2v) is 6.11. The third kappa shape index (κ3) is 2.87. The van der Waals surface area contributed by atoms with Crippen LogP contribution in [0.4, 0.5) is 11.4 Å². The first-order chi connectivity index (χ1) is 11.7. The summed E-state index contributed by atoms with van der Waals surface area (Å²) in [6, 6.07) is 6.34. The average molecular weight is 328 g/mol. The molecular formula is C17H20N4O3. The topological polar surface area (TPSA) is 71.7 Å². The Hall–Kier alpha value is -2.41. The van der Waals surface area contributed by atoms with E-state index in [4.69, 9.17) is 9.26 Å². The van der Waals surface area contributed by atoms with E-state index in [1.807, 2.05) is 11.0 Å². The fraction of sp³-hybridized carbons (Fsp3) is 0.471. The van der Waals surface area contributed by atoms with Crippen LogP contribution in [-0.2, 0) is 22.4 Å². The maximum atomic E-state index is 12.6. The van der Waals surface area contributed by atoms with Crippen LogP contribution in [0.1, 0.15) is 17.3 Å². The lowest BCUT2D eigenvalue weighted by atomic mass is 10.1. The van der Waals surface area contributed by atoms with Crippen LogP contribution in [0, 0.1) is 6.92 Å². The lowest BCUT2D eigenvalue weighted by molar-refractivity contribution is -0.118. The molecule has 1 aromatic heterocycles. The van der Waals surface area contributed by atoms with Crippen LogP contribution >= 0.6 is 0 Å². The Morgan fingerprint density at radius 1 is 1.25 bits per heavy atom. The monoisotopic (exact) mass is 328 g/mol. The molecule has 0 bridgehead atoms. The Balaban J connectivity index is 1.50. The van der Waals surface area contributed by atoms with Gasteiger partial charge in [-0.3, -0.25) is 4.79 Å². The molecule has 0 radical (unpaired) electrons. The number of aryl methyl sites for hydroxylation is 1. The number of aromatic nitrogens is 2. The van der Waals surface area contributed by atoms with Crippen LogP contribution < -0.4 is 9.80 Å². The number of amides is 1. The van der Waals surface area contributed by atoms with Crippen LogP contribution in [0.5, 0.6) is 0 Å². The maximum Gasteiger partial charge on any atom is 0.234 e. The molecule has 1 saturated heterocycles. The van der Waals surface area contributed by atoms with Crippen molar-refractivity contribution in [3.05, 3.63) is 35.5 Å². The molecule has 3 heterocycles. The minimum atomic E-state index is 0.00803. The molecule has 1 amide bonds. The van der Waals surface area contributed by atoms with Crippen molar-refractivity contribution < 1.29 is 14.1 Å². The fourth-order valence-corrected chi connectivity index (χ4v) is 3.31. The first-order valence-electron chi connectivity index (χ1n) is 8.26. The molecule has 0 saturated carbocycles. The number of hydrogen-bond acceptors (Lipinski definition) is 6. The molecule has 2 aliphatic heterocycles. The van der Waals surface area contributed by atoms with E-state index in [9.17, 15) is 4.79 Å². The average Bonchev–Trinajstić information content (AvgIpc) is 3.21. The standard InChI is InChI=1S/C17H20N4O3/c1-12-18-16(19-24-12)11-17(22)21-5-4-13-10-14(2-3-15(13)21)20-6-8-23-9-7-20/h2-3,10H,4-9,11H2,1H3. The number of carbonyl (C=O) groups excluding carboxylic acids is 1. The van der Waals surface area contributed by atoms with Gasteiger partial charge in [0.15, 0.2) is 5.82 Å². The van der Waals surface area contributed by atoms with Gasteiger partial charge in [0.25, 0.3) is 0 Å². The number of anilines is 2. The summed E-state index contributed by atoms with van der Waals surface area (Å²) in [4.78, 5) is 20.8. The number of morpholine rings is 1. The molecule has 0 unspecified atom stereocenters. The van der Waals surface area contributed by atoms with Crippen molar-refractivity contribution in [2.75, 3.05) is 42.6 Å². The highest BCUT2D eigenvalue weighted by atomic mass is 16.5. The molecule has 4 rings (SSSR count). The maximum absolute atomic E-state index is 12.6. The van der Waals surface area contributed by atoms with E-state index in [1.165, 1.54) is 11.3 Å². The Morgan fingerprint density at radius 3 is 2.83 bits per heavy atom. The Bertz CT molecular complexity index is 752. The molecule has 126 valence electrons. The first-order valence-corrected chi connectivity index (χ1v) is 8.26. The van der Waals surface area contributed by atoms with E-state index < -0.39 is 0 Å². The largest absolute Gasteiger partial charge is 0.378 e. The molecular weight excluding hydrogens is 308 g/mol. The van der Waals surface area contributed by atoms with E-state index >= 15 is 0 Å². The summed E-state index contributed by atoms with van der Waals surface area (Å²) in [5.41, 5.74) is 3.43. The molecule has 0 N–H and O–H groups in total. The highest BCUT2D eigenvalue weighted by molar-refractivity contribution is 5.96. The summed E-state index contributed by atoms with van der Waals surface area (Å²) >= 11 is 0. The van der Waals surface area contributed by atoms with Gasteiger partial charge in [0.2, 0.25) is 11.8 Å². The summed E-state index contributed by atoms with van der Waals surface area (Å²) in [6.45, 7) is 5.80. The van der Waals surface area contributed by atoms with Crippen molar-refractivity contribution in [2.24, 2.45) is 0 Å². The van der Waals surface area contributed by atoms with Crippen molar-refractivity contribution in [1.82, 2.24) is 10.1 Å². The summed E-state index contributed by atoms with van der Waals surface area (Å²) in [7, 11) is 0. The third-order valence-electron chi connectivity index (χ3n) is 4.51. The highest BCUT2D eigenvalue weighted by Crippen LogP contribution is 2.32. The smallest absolute Gasteiger partial charge is 0.234 e. The van der Waals surface area contributed by atoms with Crippen LogP contribution in [0.25, 0.3) is 0 Å². The lowest BCUT2D eigenvalue weighted by Gasteiger charge is -2.29. The predicted octanol–water partition coefficient (Wildman–Crippen LogP) is 1.35. The Kier molecular flexibility index (Phi) is 3.93. The minimum Gasteiger partial charge on any atom is -0.378 e. The number of carbonyl (C=O) groups is 1. The van der Waals surface area contributed by atoms with Gasteiger partial charge in [-0.25, -0.2) is 0 Å². The van der Waals surface area contributed by atoms with E-state index in [1.54, 1.807) is 6.92 Å². The summed E-state index contributed by atoms with van der Waals surface area (Å²) in [5, 5.41) is 3.81. The molecule has 0 atom stereocenters. The van der Waals surface area contributed by atoms with Crippen LogP contribution in [0.15, 0.2) is 22.7 Å². The van der Waals surface area contributed by atoms with Gasteiger partial charge in [0, 0.05) is 37.9 Å². The summed E-state index contributed by atoms with van der Waals surface area (Å²) in [6.07, 6.45) is 1.05. The number of benzene rings is 1. The van der Waals surface area contributed by atoms with Crippen molar-refractivity contribution >= 4 is 17.3 Å². The van der Waals surface area contributed by atoms with Crippen LogP contribution in [0.3, 0.4) is 0 Å². The normalized spacial score (nSPS) is 17.2. The van der Waals surface area contributed by atoms with Gasteiger partial charge in [-0.05, 0) is 30.2 Å². The summed E-state index contributed by atoms with van der Waals surface area (Å²) in [5.74, 6) is 0.930. The zero-order valence-electron chi connectivity index (χ0n) is 13.7.